The molecule has 0 atom stereocenters. The summed E-state index contributed by atoms with van der Waals surface area (Å²) in [5.41, 5.74) is 6.22. The molecule has 1 aliphatic heterocycles. The zero-order valence-electron chi connectivity index (χ0n) is 8.28. The van der Waals surface area contributed by atoms with Gasteiger partial charge in [0.15, 0.2) is 0 Å². The third-order valence-corrected chi connectivity index (χ3v) is 2.50. The number of pyridine rings is 1. The van der Waals surface area contributed by atoms with Gasteiger partial charge in [0, 0.05) is 19.0 Å². The van der Waals surface area contributed by atoms with Crippen molar-refractivity contribution in [1.29, 1.82) is 0 Å². The smallest absolute Gasteiger partial charge is 0.237 e. The van der Waals surface area contributed by atoms with Crippen molar-refractivity contribution in [2.45, 2.75) is 18.9 Å². The monoisotopic (exact) mass is 228 g/mol. The first kappa shape index (κ1) is 10.5. The number of nitrogens with zero attached hydrogens (tertiary/aromatic N) is 1. The zero-order valence-corrected chi connectivity index (χ0v) is 9.04. The molecule has 2 N–H and O–H groups in total. The summed E-state index contributed by atoms with van der Waals surface area (Å²) in [5, 5.41) is 0.520. The standard InChI is InChI=1S/C10H13ClN2O2/c11-7-5-9(12)10(13-6-7)15-8-1-3-14-4-2-8/h5-6,8H,1-4,12H2. The number of nitrogens with two attached hydrogens (primary N) is 1. The summed E-state index contributed by atoms with van der Waals surface area (Å²) in [4.78, 5) is 4.05. The van der Waals surface area contributed by atoms with Gasteiger partial charge < -0.3 is 15.2 Å². The van der Waals surface area contributed by atoms with Gasteiger partial charge in [-0.3, -0.25) is 0 Å². The first-order chi connectivity index (χ1) is 7.25. The average Bonchev–Trinajstić information content (AvgIpc) is 2.24. The van der Waals surface area contributed by atoms with Crippen molar-refractivity contribution in [3.63, 3.8) is 0 Å². The van der Waals surface area contributed by atoms with E-state index in [1.807, 2.05) is 0 Å². The predicted octanol–water partition coefficient (Wildman–Crippen LogP) is 1.88. The molecule has 0 radical (unpaired) electrons. The lowest BCUT2D eigenvalue weighted by molar-refractivity contribution is 0.0241. The van der Waals surface area contributed by atoms with Crippen LogP contribution in [0.15, 0.2) is 12.3 Å². The van der Waals surface area contributed by atoms with E-state index in [9.17, 15) is 0 Å². The minimum absolute atomic E-state index is 0.148. The van der Waals surface area contributed by atoms with Gasteiger partial charge in [0.2, 0.25) is 5.88 Å². The van der Waals surface area contributed by atoms with Crippen LogP contribution in [-0.4, -0.2) is 24.3 Å². The van der Waals surface area contributed by atoms with Crippen LogP contribution in [0.25, 0.3) is 0 Å². The normalized spacial score (nSPS) is 17.7. The van der Waals surface area contributed by atoms with Crippen molar-refractivity contribution < 1.29 is 9.47 Å². The summed E-state index contributed by atoms with van der Waals surface area (Å²) < 4.78 is 10.9. The van der Waals surface area contributed by atoms with Gasteiger partial charge in [-0.25, -0.2) is 4.98 Å². The molecule has 2 heterocycles. The molecule has 1 fully saturated rings. The molecule has 1 aromatic rings. The van der Waals surface area contributed by atoms with Crippen molar-refractivity contribution in [2.75, 3.05) is 18.9 Å². The minimum Gasteiger partial charge on any atom is -0.473 e. The fourth-order valence-corrected chi connectivity index (χ4v) is 1.66. The van der Waals surface area contributed by atoms with Gasteiger partial charge in [0.1, 0.15) is 6.10 Å². The van der Waals surface area contributed by atoms with Crippen molar-refractivity contribution in [1.82, 2.24) is 4.98 Å². The van der Waals surface area contributed by atoms with Gasteiger partial charge in [0.25, 0.3) is 0 Å². The highest BCUT2D eigenvalue weighted by Gasteiger charge is 2.17. The Bertz CT molecular complexity index is 340. The lowest BCUT2D eigenvalue weighted by Gasteiger charge is -2.23. The van der Waals surface area contributed by atoms with E-state index in [2.05, 4.69) is 4.98 Å². The Morgan fingerprint density at radius 2 is 2.20 bits per heavy atom. The largest absolute Gasteiger partial charge is 0.473 e. The number of nitrogen functional groups attached to an aromatic ring is 1. The first-order valence-corrected chi connectivity index (χ1v) is 5.29. The average molecular weight is 229 g/mol. The number of anilines is 1. The van der Waals surface area contributed by atoms with E-state index in [0.29, 0.717) is 16.6 Å². The topological polar surface area (TPSA) is 57.4 Å². The van der Waals surface area contributed by atoms with E-state index in [-0.39, 0.29) is 6.10 Å². The molecule has 1 aliphatic rings. The lowest BCUT2D eigenvalue weighted by atomic mass is 10.1. The van der Waals surface area contributed by atoms with Crippen molar-refractivity contribution in [2.24, 2.45) is 0 Å². The van der Waals surface area contributed by atoms with Crippen LogP contribution >= 0.6 is 11.6 Å². The van der Waals surface area contributed by atoms with E-state index >= 15 is 0 Å². The molecular weight excluding hydrogens is 216 g/mol. The molecule has 5 heteroatoms. The molecule has 1 aromatic heterocycles. The Kier molecular flexibility index (Phi) is 3.28. The molecule has 15 heavy (non-hydrogen) atoms. The van der Waals surface area contributed by atoms with Crippen LogP contribution in [0.5, 0.6) is 5.88 Å². The van der Waals surface area contributed by atoms with E-state index in [0.717, 1.165) is 26.1 Å². The highest BCUT2D eigenvalue weighted by molar-refractivity contribution is 6.30. The molecule has 4 nitrogen and oxygen atoms in total. The Balaban J connectivity index is 2.03. The van der Waals surface area contributed by atoms with E-state index < -0.39 is 0 Å². The lowest BCUT2D eigenvalue weighted by Crippen LogP contribution is -2.26. The molecular formula is C10H13ClN2O2. The minimum atomic E-state index is 0.148. The molecule has 0 amide bonds. The Morgan fingerprint density at radius 1 is 1.47 bits per heavy atom. The van der Waals surface area contributed by atoms with Crippen molar-refractivity contribution in [3.8, 4) is 5.88 Å². The maximum absolute atomic E-state index is 5.74. The third-order valence-electron chi connectivity index (χ3n) is 2.29. The second kappa shape index (κ2) is 4.68. The highest BCUT2D eigenvalue weighted by Crippen LogP contribution is 2.24. The fraction of sp³-hybridized carbons (Fsp3) is 0.500. The molecule has 0 aromatic carbocycles. The van der Waals surface area contributed by atoms with E-state index in [1.54, 1.807) is 6.07 Å². The summed E-state index contributed by atoms with van der Waals surface area (Å²) in [7, 11) is 0. The Morgan fingerprint density at radius 3 is 2.87 bits per heavy atom. The molecule has 0 spiro atoms. The van der Waals surface area contributed by atoms with Crippen LogP contribution < -0.4 is 10.5 Å². The number of halogens is 1. The first-order valence-electron chi connectivity index (χ1n) is 4.91. The summed E-state index contributed by atoms with van der Waals surface area (Å²) in [6.45, 7) is 1.47. The van der Waals surface area contributed by atoms with Crippen LogP contribution in [0.3, 0.4) is 0 Å². The SMILES string of the molecule is Nc1cc(Cl)cnc1OC1CCOCC1. The molecule has 0 unspecified atom stereocenters. The summed E-state index contributed by atoms with van der Waals surface area (Å²) >= 11 is 5.74. The fourth-order valence-electron chi connectivity index (χ4n) is 1.49. The second-order valence-corrected chi connectivity index (χ2v) is 3.91. The summed E-state index contributed by atoms with van der Waals surface area (Å²) in [6, 6.07) is 1.64. The number of rotatable bonds is 2. The Labute approximate surface area is 93.3 Å². The predicted molar refractivity (Wildman–Crippen MR) is 58.1 cm³/mol. The van der Waals surface area contributed by atoms with Crippen molar-refractivity contribution >= 4 is 17.3 Å². The molecule has 0 aliphatic carbocycles. The highest BCUT2D eigenvalue weighted by atomic mass is 35.5. The number of aromatic nitrogens is 1. The van der Waals surface area contributed by atoms with Gasteiger partial charge in [0.05, 0.1) is 23.9 Å². The molecule has 2 rings (SSSR count). The summed E-state index contributed by atoms with van der Waals surface area (Å²) in [6.07, 6.45) is 3.44. The van der Waals surface area contributed by atoms with Crippen LogP contribution in [-0.2, 0) is 4.74 Å². The van der Waals surface area contributed by atoms with Gasteiger partial charge in [-0.05, 0) is 6.07 Å². The molecule has 1 saturated heterocycles. The quantitative estimate of drug-likeness (QED) is 0.840. The van der Waals surface area contributed by atoms with Crippen LogP contribution in [0.4, 0.5) is 5.69 Å². The van der Waals surface area contributed by atoms with Crippen molar-refractivity contribution in [3.05, 3.63) is 17.3 Å². The second-order valence-electron chi connectivity index (χ2n) is 3.48. The number of ether oxygens (including phenoxy) is 2. The molecule has 0 saturated carbocycles. The number of hydrogen-bond acceptors (Lipinski definition) is 4. The molecule has 0 bridgehead atoms. The summed E-state index contributed by atoms with van der Waals surface area (Å²) in [5.74, 6) is 0.464. The third kappa shape index (κ3) is 2.73. The van der Waals surface area contributed by atoms with Gasteiger partial charge in [-0.1, -0.05) is 11.6 Å². The maximum Gasteiger partial charge on any atom is 0.237 e. The van der Waals surface area contributed by atoms with Crippen LogP contribution in [0.2, 0.25) is 5.02 Å². The Hall–Kier alpha value is -1.00. The molecule has 82 valence electrons. The van der Waals surface area contributed by atoms with Gasteiger partial charge in [-0.2, -0.15) is 0 Å². The van der Waals surface area contributed by atoms with Gasteiger partial charge >= 0.3 is 0 Å². The van der Waals surface area contributed by atoms with Gasteiger partial charge in [-0.15, -0.1) is 0 Å². The zero-order chi connectivity index (χ0) is 10.7. The van der Waals surface area contributed by atoms with E-state index in [4.69, 9.17) is 26.8 Å². The van der Waals surface area contributed by atoms with E-state index in [1.165, 1.54) is 6.20 Å². The number of hydrogen-bond donors (Lipinski definition) is 1. The van der Waals surface area contributed by atoms with Crippen LogP contribution in [0.1, 0.15) is 12.8 Å². The maximum atomic E-state index is 5.74. The van der Waals surface area contributed by atoms with Crippen LogP contribution in [0, 0.1) is 0 Å².